The fourth-order valence-electron chi connectivity index (χ4n) is 1.40. The van der Waals surface area contributed by atoms with Crippen molar-refractivity contribution in [3.63, 3.8) is 0 Å². The minimum Gasteiger partial charge on any atom is -0.456 e. The lowest BCUT2D eigenvalue weighted by Crippen LogP contribution is -2.30. The predicted molar refractivity (Wildman–Crippen MR) is 47.7 cm³/mol. The summed E-state index contributed by atoms with van der Waals surface area (Å²) < 4.78 is 14.9. The van der Waals surface area contributed by atoms with Gasteiger partial charge in [0.1, 0.15) is 0 Å². The highest BCUT2D eigenvalue weighted by atomic mass is 16.7. The van der Waals surface area contributed by atoms with E-state index in [1.165, 1.54) is 13.8 Å². The van der Waals surface area contributed by atoms with E-state index in [1.54, 1.807) is 0 Å². The summed E-state index contributed by atoms with van der Waals surface area (Å²) in [7, 11) is 0. The minimum absolute atomic E-state index is 0.199. The van der Waals surface area contributed by atoms with Crippen molar-refractivity contribution in [2.75, 3.05) is 6.61 Å². The van der Waals surface area contributed by atoms with Gasteiger partial charge in [-0.25, -0.2) is 0 Å². The van der Waals surface area contributed by atoms with Crippen molar-refractivity contribution in [2.45, 2.75) is 38.8 Å². The van der Waals surface area contributed by atoms with Gasteiger partial charge in [0.2, 0.25) is 6.29 Å². The Hall–Kier alpha value is -1.14. The monoisotopic (exact) mass is 218 g/mol. The van der Waals surface area contributed by atoms with E-state index in [4.69, 9.17) is 19.3 Å². The van der Waals surface area contributed by atoms with Crippen molar-refractivity contribution in [1.82, 2.24) is 0 Å². The summed E-state index contributed by atoms with van der Waals surface area (Å²) in [6.45, 7) is 2.30. The Morgan fingerprint density at radius 3 is 2.40 bits per heavy atom. The molecule has 0 saturated carbocycles. The molecule has 0 aromatic heterocycles. The molecule has 1 aliphatic rings. The molecule has 0 unspecified atom stereocenters. The lowest BCUT2D eigenvalue weighted by Gasteiger charge is -2.17. The highest BCUT2D eigenvalue weighted by Crippen LogP contribution is 2.24. The average Bonchev–Trinajstić information content (AvgIpc) is 2.46. The average molecular weight is 218 g/mol. The van der Waals surface area contributed by atoms with Crippen LogP contribution in [0.5, 0.6) is 0 Å². The zero-order valence-electron chi connectivity index (χ0n) is 8.63. The van der Waals surface area contributed by atoms with Gasteiger partial charge in [0, 0.05) is 20.3 Å². The van der Waals surface area contributed by atoms with E-state index in [0.717, 1.165) is 0 Å². The Bertz CT molecular complexity index is 227. The van der Waals surface area contributed by atoms with Crippen molar-refractivity contribution in [2.24, 2.45) is 0 Å². The van der Waals surface area contributed by atoms with Crippen LogP contribution in [0.25, 0.3) is 0 Å². The molecule has 1 rings (SSSR count). The number of carbonyl (C=O) groups excluding carboxylic acids is 2. The van der Waals surface area contributed by atoms with Crippen LogP contribution >= 0.6 is 0 Å². The van der Waals surface area contributed by atoms with Gasteiger partial charge in [-0.3, -0.25) is 9.59 Å². The lowest BCUT2D eigenvalue weighted by atomic mass is 10.2. The topological polar surface area (TPSA) is 82.1 Å². The standard InChI is InChI=1S/C9H14O6/c1-5(11)13-8-3-7(4-10)15-9(8)14-6(2)12/h7-10H,3-4H2,1-2H3/t7-,8-,9+/m0/s1. The van der Waals surface area contributed by atoms with Gasteiger partial charge in [-0.1, -0.05) is 0 Å². The number of esters is 2. The fourth-order valence-corrected chi connectivity index (χ4v) is 1.40. The van der Waals surface area contributed by atoms with E-state index in [9.17, 15) is 9.59 Å². The smallest absolute Gasteiger partial charge is 0.305 e. The Kier molecular flexibility index (Phi) is 4.05. The molecule has 0 radical (unpaired) electrons. The number of aliphatic hydroxyl groups is 1. The second kappa shape index (κ2) is 5.09. The van der Waals surface area contributed by atoms with Crippen LogP contribution in [0, 0.1) is 0 Å². The Morgan fingerprint density at radius 1 is 1.33 bits per heavy atom. The SMILES string of the molecule is CC(=O)O[C@@H]1O[C@H](CO)C[C@@H]1OC(C)=O. The quantitative estimate of drug-likeness (QED) is 0.648. The second-order valence-electron chi connectivity index (χ2n) is 3.30. The van der Waals surface area contributed by atoms with Crippen LogP contribution in [-0.2, 0) is 23.8 Å². The number of hydrogen-bond acceptors (Lipinski definition) is 6. The van der Waals surface area contributed by atoms with E-state index in [-0.39, 0.29) is 6.61 Å². The van der Waals surface area contributed by atoms with E-state index in [2.05, 4.69) is 0 Å². The minimum atomic E-state index is -0.913. The van der Waals surface area contributed by atoms with E-state index >= 15 is 0 Å². The van der Waals surface area contributed by atoms with Crippen LogP contribution < -0.4 is 0 Å². The molecule has 0 aliphatic carbocycles. The van der Waals surface area contributed by atoms with Gasteiger partial charge in [-0.2, -0.15) is 0 Å². The number of rotatable bonds is 3. The molecule has 1 fully saturated rings. The summed E-state index contributed by atoms with van der Waals surface area (Å²) in [4.78, 5) is 21.5. The van der Waals surface area contributed by atoms with Gasteiger partial charge in [-0.05, 0) is 0 Å². The van der Waals surface area contributed by atoms with E-state index < -0.39 is 30.4 Å². The highest BCUT2D eigenvalue weighted by molar-refractivity contribution is 5.67. The van der Waals surface area contributed by atoms with Crippen LogP contribution in [0.1, 0.15) is 20.3 Å². The molecule has 6 nitrogen and oxygen atoms in total. The maximum absolute atomic E-state index is 10.7. The number of carbonyl (C=O) groups is 2. The van der Waals surface area contributed by atoms with Crippen molar-refractivity contribution in [3.05, 3.63) is 0 Å². The molecular weight excluding hydrogens is 204 g/mol. The molecule has 3 atom stereocenters. The van der Waals surface area contributed by atoms with Crippen LogP contribution in [0.4, 0.5) is 0 Å². The third-order valence-corrected chi connectivity index (χ3v) is 1.93. The molecule has 0 bridgehead atoms. The number of ether oxygens (including phenoxy) is 3. The number of aliphatic hydroxyl groups excluding tert-OH is 1. The molecule has 0 spiro atoms. The first-order valence-electron chi connectivity index (χ1n) is 4.63. The summed E-state index contributed by atoms with van der Waals surface area (Å²) in [5.74, 6) is -0.991. The molecule has 1 heterocycles. The van der Waals surface area contributed by atoms with Gasteiger partial charge in [0.05, 0.1) is 12.7 Å². The number of hydrogen-bond donors (Lipinski definition) is 1. The Morgan fingerprint density at radius 2 is 1.93 bits per heavy atom. The van der Waals surface area contributed by atoms with Crippen LogP contribution in [0.2, 0.25) is 0 Å². The predicted octanol–water partition coefficient (Wildman–Crippen LogP) is -0.412. The van der Waals surface area contributed by atoms with Gasteiger partial charge in [0.15, 0.2) is 6.10 Å². The maximum atomic E-state index is 10.7. The fraction of sp³-hybridized carbons (Fsp3) is 0.778. The third-order valence-electron chi connectivity index (χ3n) is 1.93. The Balaban J connectivity index is 2.56. The molecule has 15 heavy (non-hydrogen) atoms. The summed E-state index contributed by atoms with van der Waals surface area (Å²) in [5.41, 5.74) is 0. The Labute approximate surface area is 87.1 Å². The molecule has 1 N–H and O–H groups in total. The molecule has 0 aromatic carbocycles. The maximum Gasteiger partial charge on any atom is 0.305 e. The van der Waals surface area contributed by atoms with Crippen LogP contribution in [-0.4, -0.2) is 42.1 Å². The molecule has 1 saturated heterocycles. The largest absolute Gasteiger partial charge is 0.456 e. The first kappa shape index (κ1) is 11.9. The van der Waals surface area contributed by atoms with Crippen molar-refractivity contribution >= 4 is 11.9 Å². The van der Waals surface area contributed by atoms with Gasteiger partial charge < -0.3 is 19.3 Å². The molecule has 86 valence electrons. The molecule has 1 aliphatic heterocycles. The van der Waals surface area contributed by atoms with Crippen molar-refractivity contribution < 1.29 is 28.9 Å². The van der Waals surface area contributed by atoms with Crippen LogP contribution in [0.3, 0.4) is 0 Å². The second-order valence-corrected chi connectivity index (χ2v) is 3.30. The molecule has 6 heteroatoms. The zero-order valence-corrected chi connectivity index (χ0v) is 8.63. The third kappa shape index (κ3) is 3.49. The molecule has 0 aromatic rings. The van der Waals surface area contributed by atoms with E-state index in [0.29, 0.717) is 6.42 Å². The van der Waals surface area contributed by atoms with Gasteiger partial charge >= 0.3 is 11.9 Å². The summed E-state index contributed by atoms with van der Waals surface area (Å²) in [5, 5.41) is 8.86. The molecular formula is C9H14O6. The van der Waals surface area contributed by atoms with Crippen molar-refractivity contribution in [3.8, 4) is 0 Å². The lowest BCUT2D eigenvalue weighted by molar-refractivity contribution is -0.195. The van der Waals surface area contributed by atoms with Crippen LogP contribution in [0.15, 0.2) is 0 Å². The first-order chi connectivity index (χ1) is 7.02. The highest BCUT2D eigenvalue weighted by Gasteiger charge is 2.39. The van der Waals surface area contributed by atoms with Gasteiger partial charge in [-0.15, -0.1) is 0 Å². The van der Waals surface area contributed by atoms with Crippen molar-refractivity contribution in [1.29, 1.82) is 0 Å². The normalized spacial score (nSPS) is 29.9. The summed E-state index contributed by atoms with van der Waals surface area (Å²) in [6.07, 6.45) is -1.68. The summed E-state index contributed by atoms with van der Waals surface area (Å²) >= 11 is 0. The van der Waals surface area contributed by atoms with E-state index in [1.807, 2.05) is 0 Å². The molecule has 0 amide bonds. The van der Waals surface area contributed by atoms with Gasteiger partial charge in [0.25, 0.3) is 0 Å². The zero-order chi connectivity index (χ0) is 11.4. The first-order valence-corrected chi connectivity index (χ1v) is 4.63. The summed E-state index contributed by atoms with van der Waals surface area (Å²) in [6, 6.07) is 0.